The Morgan fingerprint density at radius 2 is 2.37 bits per heavy atom. The molecular formula is C15H16BrNOS. The molecule has 0 saturated carbocycles. The van der Waals surface area contributed by atoms with Gasteiger partial charge in [0.2, 0.25) is 0 Å². The van der Waals surface area contributed by atoms with E-state index in [1.165, 1.54) is 16.0 Å². The van der Waals surface area contributed by atoms with E-state index >= 15 is 0 Å². The maximum atomic E-state index is 5.84. The molecule has 4 heteroatoms. The van der Waals surface area contributed by atoms with E-state index in [1.807, 2.05) is 0 Å². The van der Waals surface area contributed by atoms with E-state index in [9.17, 15) is 0 Å². The molecule has 0 aliphatic carbocycles. The first-order valence-electron chi connectivity index (χ1n) is 6.51. The van der Waals surface area contributed by atoms with Gasteiger partial charge in [-0.05, 0) is 34.1 Å². The van der Waals surface area contributed by atoms with Gasteiger partial charge in [0.25, 0.3) is 0 Å². The number of ether oxygens (including phenoxy) is 1. The topological polar surface area (TPSA) is 21.3 Å². The molecule has 0 fully saturated rings. The fraction of sp³-hybridized carbons (Fsp3) is 0.333. The van der Waals surface area contributed by atoms with Crippen LogP contribution in [0, 0.1) is 0 Å². The Morgan fingerprint density at radius 1 is 1.47 bits per heavy atom. The lowest BCUT2D eigenvalue weighted by Gasteiger charge is -2.19. The van der Waals surface area contributed by atoms with Gasteiger partial charge in [0.1, 0.15) is 5.75 Å². The molecule has 2 aromatic rings. The number of benzene rings is 1. The van der Waals surface area contributed by atoms with Gasteiger partial charge in [-0.1, -0.05) is 25.1 Å². The summed E-state index contributed by atoms with van der Waals surface area (Å²) in [5.41, 5.74) is 2.59. The van der Waals surface area contributed by atoms with Crippen molar-refractivity contribution in [3.8, 4) is 5.75 Å². The van der Waals surface area contributed by atoms with Crippen molar-refractivity contribution in [3.05, 3.63) is 50.1 Å². The Balaban J connectivity index is 2.03. The largest absolute Gasteiger partial charge is 0.493 e. The van der Waals surface area contributed by atoms with Crippen LogP contribution in [0.1, 0.15) is 29.0 Å². The number of hydrogen-bond acceptors (Lipinski definition) is 3. The summed E-state index contributed by atoms with van der Waals surface area (Å²) in [4.78, 5) is 1.32. The van der Waals surface area contributed by atoms with Crippen molar-refractivity contribution in [2.45, 2.75) is 19.4 Å². The zero-order valence-corrected chi connectivity index (χ0v) is 13.2. The van der Waals surface area contributed by atoms with E-state index in [-0.39, 0.29) is 6.04 Å². The number of para-hydroxylation sites is 1. The summed E-state index contributed by atoms with van der Waals surface area (Å²) in [6.45, 7) is 3.88. The molecule has 1 aliphatic rings. The molecule has 1 aliphatic heterocycles. The smallest absolute Gasteiger partial charge is 0.127 e. The van der Waals surface area contributed by atoms with E-state index in [0.29, 0.717) is 0 Å². The third kappa shape index (κ3) is 2.57. The van der Waals surface area contributed by atoms with Gasteiger partial charge in [0, 0.05) is 26.7 Å². The summed E-state index contributed by atoms with van der Waals surface area (Å²) in [5.74, 6) is 1.08. The molecule has 0 radical (unpaired) electrons. The van der Waals surface area contributed by atoms with Crippen LogP contribution in [0.3, 0.4) is 0 Å². The molecular weight excluding hydrogens is 322 g/mol. The highest BCUT2D eigenvalue weighted by molar-refractivity contribution is 9.10. The number of rotatable bonds is 4. The van der Waals surface area contributed by atoms with Gasteiger partial charge in [-0.3, -0.25) is 0 Å². The lowest BCUT2D eigenvalue weighted by atomic mass is 10.0. The van der Waals surface area contributed by atoms with Crippen molar-refractivity contribution in [2.75, 3.05) is 13.2 Å². The average Bonchev–Trinajstić information content (AvgIpc) is 3.04. The highest BCUT2D eigenvalue weighted by atomic mass is 79.9. The molecule has 0 amide bonds. The zero-order valence-electron chi connectivity index (χ0n) is 10.8. The number of thiophene rings is 1. The molecule has 0 bridgehead atoms. The summed E-state index contributed by atoms with van der Waals surface area (Å²) in [7, 11) is 0. The number of nitrogens with one attached hydrogen (secondary N) is 1. The fourth-order valence-electron chi connectivity index (χ4n) is 2.52. The first-order chi connectivity index (χ1) is 9.29. The third-order valence-electron chi connectivity index (χ3n) is 3.34. The van der Waals surface area contributed by atoms with Crippen LogP contribution < -0.4 is 10.1 Å². The average molecular weight is 338 g/mol. The molecule has 1 unspecified atom stereocenters. The van der Waals surface area contributed by atoms with E-state index in [4.69, 9.17) is 4.74 Å². The number of halogens is 1. The second-order valence-corrected chi connectivity index (χ2v) is 6.45. The molecule has 1 N–H and O–H groups in total. The van der Waals surface area contributed by atoms with Crippen LogP contribution >= 0.6 is 27.3 Å². The summed E-state index contributed by atoms with van der Waals surface area (Å²) >= 11 is 5.31. The van der Waals surface area contributed by atoms with Gasteiger partial charge >= 0.3 is 0 Å². The van der Waals surface area contributed by atoms with Crippen molar-refractivity contribution < 1.29 is 4.74 Å². The zero-order chi connectivity index (χ0) is 13.2. The van der Waals surface area contributed by atoms with Crippen LogP contribution in [0.4, 0.5) is 0 Å². The van der Waals surface area contributed by atoms with Crippen LogP contribution in [0.25, 0.3) is 0 Å². The first kappa shape index (κ1) is 13.2. The Labute approximate surface area is 125 Å². The van der Waals surface area contributed by atoms with Gasteiger partial charge < -0.3 is 10.1 Å². The maximum Gasteiger partial charge on any atom is 0.127 e. The molecule has 19 heavy (non-hydrogen) atoms. The normalized spacial score (nSPS) is 15.1. The quantitative estimate of drug-likeness (QED) is 0.904. The number of hydrogen-bond donors (Lipinski definition) is 1. The van der Waals surface area contributed by atoms with Gasteiger partial charge in [-0.15, -0.1) is 11.3 Å². The minimum atomic E-state index is 0.217. The van der Waals surface area contributed by atoms with E-state index in [1.54, 1.807) is 11.3 Å². The van der Waals surface area contributed by atoms with Gasteiger partial charge in [0.05, 0.1) is 12.6 Å². The monoisotopic (exact) mass is 337 g/mol. The predicted octanol–water partition coefficient (Wildman–Crippen LogP) is 4.14. The van der Waals surface area contributed by atoms with Gasteiger partial charge in [-0.2, -0.15) is 0 Å². The van der Waals surface area contributed by atoms with Crippen LogP contribution in [0.15, 0.2) is 34.1 Å². The maximum absolute atomic E-state index is 5.84. The molecule has 1 aromatic heterocycles. The summed E-state index contributed by atoms with van der Waals surface area (Å²) in [6, 6.07) is 8.88. The van der Waals surface area contributed by atoms with Crippen LogP contribution in [0.2, 0.25) is 0 Å². The van der Waals surface area contributed by atoms with Crippen molar-refractivity contribution in [1.29, 1.82) is 0 Å². The summed E-state index contributed by atoms with van der Waals surface area (Å²) in [5, 5.41) is 5.70. The molecule has 100 valence electrons. The fourth-order valence-corrected chi connectivity index (χ4v) is 4.05. The Hall–Kier alpha value is -0.840. The number of fused-ring (bicyclic) bond motifs is 1. The molecule has 1 atom stereocenters. The summed E-state index contributed by atoms with van der Waals surface area (Å²) < 4.78 is 6.98. The molecule has 0 saturated heterocycles. The predicted molar refractivity (Wildman–Crippen MR) is 83.2 cm³/mol. The van der Waals surface area contributed by atoms with Crippen molar-refractivity contribution in [1.82, 2.24) is 5.32 Å². The van der Waals surface area contributed by atoms with Crippen molar-refractivity contribution in [2.24, 2.45) is 0 Å². The lowest BCUT2D eigenvalue weighted by molar-refractivity contribution is 0.351. The minimum Gasteiger partial charge on any atom is -0.493 e. The van der Waals surface area contributed by atoms with Crippen molar-refractivity contribution >= 4 is 27.3 Å². The van der Waals surface area contributed by atoms with Crippen LogP contribution in [-0.4, -0.2) is 13.2 Å². The van der Waals surface area contributed by atoms with E-state index in [0.717, 1.165) is 29.8 Å². The van der Waals surface area contributed by atoms with Crippen molar-refractivity contribution in [3.63, 3.8) is 0 Å². The highest BCUT2D eigenvalue weighted by Crippen LogP contribution is 2.38. The summed E-state index contributed by atoms with van der Waals surface area (Å²) in [6.07, 6.45) is 1.02. The molecule has 2 heterocycles. The minimum absolute atomic E-state index is 0.217. The van der Waals surface area contributed by atoms with Crippen LogP contribution in [-0.2, 0) is 6.42 Å². The van der Waals surface area contributed by atoms with Gasteiger partial charge in [-0.25, -0.2) is 0 Å². The second kappa shape index (κ2) is 5.65. The van der Waals surface area contributed by atoms with Crippen LogP contribution in [0.5, 0.6) is 5.75 Å². The third-order valence-corrected chi connectivity index (χ3v) is 5.09. The Bertz CT molecular complexity index is 581. The second-order valence-electron chi connectivity index (χ2n) is 4.59. The molecule has 0 spiro atoms. The molecule has 3 rings (SSSR count). The Morgan fingerprint density at radius 3 is 3.11 bits per heavy atom. The van der Waals surface area contributed by atoms with Gasteiger partial charge in [0.15, 0.2) is 0 Å². The molecule has 2 nitrogen and oxygen atoms in total. The SMILES string of the molecule is CCNC(c1cc(Br)cs1)c1cccc2c1OCC2. The standard InChI is InChI=1S/C15H16BrNOS/c1-2-17-14(13-8-11(16)9-19-13)12-5-3-4-10-6-7-18-15(10)12/h3-5,8-9,14,17H,2,6-7H2,1H3. The highest BCUT2D eigenvalue weighted by Gasteiger charge is 2.23. The first-order valence-corrected chi connectivity index (χ1v) is 8.18. The molecule has 1 aromatic carbocycles. The lowest BCUT2D eigenvalue weighted by Crippen LogP contribution is -2.21. The van der Waals surface area contributed by atoms with E-state index < -0.39 is 0 Å². The Kier molecular flexibility index (Phi) is 3.91. The van der Waals surface area contributed by atoms with E-state index in [2.05, 4.69) is 57.8 Å².